The molecular formula is C19H29N3O3. The third-order valence-corrected chi connectivity index (χ3v) is 4.97. The predicted molar refractivity (Wildman–Crippen MR) is 97.1 cm³/mol. The van der Waals surface area contributed by atoms with E-state index in [9.17, 15) is 4.79 Å². The fraction of sp³-hybridized carbons (Fsp3) is 0.632. The molecule has 2 amide bonds. The minimum atomic E-state index is 0.0414. The number of methoxy groups -OCH3 is 1. The number of carbonyl (C=O) groups is 1. The zero-order chi connectivity index (χ0) is 17.5. The number of nitrogens with zero attached hydrogens (tertiary/aromatic N) is 2. The molecule has 1 aromatic carbocycles. The van der Waals surface area contributed by atoms with Crippen molar-refractivity contribution in [1.29, 1.82) is 0 Å². The van der Waals surface area contributed by atoms with E-state index in [4.69, 9.17) is 9.47 Å². The number of rotatable bonds is 6. The van der Waals surface area contributed by atoms with Gasteiger partial charge in [0.25, 0.3) is 0 Å². The summed E-state index contributed by atoms with van der Waals surface area (Å²) in [6.45, 7) is 6.00. The number of ether oxygens (including phenoxy) is 2. The first-order chi connectivity index (χ1) is 12.2. The molecule has 3 rings (SSSR count). The molecule has 1 unspecified atom stereocenters. The summed E-state index contributed by atoms with van der Waals surface area (Å²) in [4.78, 5) is 16.6. The van der Waals surface area contributed by atoms with Gasteiger partial charge >= 0.3 is 6.03 Å². The fourth-order valence-corrected chi connectivity index (χ4v) is 3.46. The van der Waals surface area contributed by atoms with Gasteiger partial charge in [-0.25, -0.2) is 4.79 Å². The highest BCUT2D eigenvalue weighted by Gasteiger charge is 2.24. The second-order valence-electron chi connectivity index (χ2n) is 6.76. The van der Waals surface area contributed by atoms with Crippen LogP contribution in [0.5, 0.6) is 5.75 Å². The standard InChI is InChI=1S/C19H29N3O3/c1-24-17-5-2-4-16(14-17)7-8-20-19(23)22-11-9-21(10-12-22)15-18-6-3-13-25-18/h2,4-5,14,18H,3,6-13,15H2,1H3,(H,20,23). The van der Waals surface area contributed by atoms with E-state index in [1.54, 1.807) is 7.11 Å². The van der Waals surface area contributed by atoms with Crippen molar-refractivity contribution >= 4 is 6.03 Å². The number of hydrogen-bond acceptors (Lipinski definition) is 4. The van der Waals surface area contributed by atoms with Crippen LogP contribution < -0.4 is 10.1 Å². The molecule has 0 spiro atoms. The quantitative estimate of drug-likeness (QED) is 0.852. The molecule has 1 N–H and O–H groups in total. The second kappa shape index (κ2) is 9.06. The van der Waals surface area contributed by atoms with E-state index in [2.05, 4.69) is 16.3 Å². The normalized spacial score (nSPS) is 21.3. The highest BCUT2D eigenvalue weighted by atomic mass is 16.5. The molecule has 6 heteroatoms. The van der Waals surface area contributed by atoms with E-state index in [1.807, 2.05) is 23.1 Å². The minimum absolute atomic E-state index is 0.0414. The van der Waals surface area contributed by atoms with Crippen molar-refractivity contribution < 1.29 is 14.3 Å². The van der Waals surface area contributed by atoms with Crippen molar-refractivity contribution in [2.75, 3.05) is 53.0 Å². The van der Waals surface area contributed by atoms with Crippen LogP contribution in [0.15, 0.2) is 24.3 Å². The Morgan fingerprint density at radius 2 is 2.16 bits per heavy atom. The monoisotopic (exact) mass is 347 g/mol. The number of piperazine rings is 1. The van der Waals surface area contributed by atoms with E-state index in [-0.39, 0.29) is 6.03 Å². The lowest BCUT2D eigenvalue weighted by atomic mass is 10.1. The van der Waals surface area contributed by atoms with Crippen LogP contribution in [0.25, 0.3) is 0 Å². The number of benzene rings is 1. The first-order valence-corrected chi connectivity index (χ1v) is 9.24. The molecule has 0 saturated carbocycles. The van der Waals surface area contributed by atoms with Gasteiger partial charge in [-0.2, -0.15) is 0 Å². The van der Waals surface area contributed by atoms with Crippen LogP contribution in [0.3, 0.4) is 0 Å². The maximum absolute atomic E-state index is 12.3. The molecule has 2 heterocycles. The number of hydrogen-bond donors (Lipinski definition) is 1. The summed E-state index contributed by atoms with van der Waals surface area (Å²) >= 11 is 0. The first kappa shape index (κ1) is 18.0. The Balaban J connectivity index is 1.34. The third kappa shape index (κ3) is 5.34. The Kier molecular flexibility index (Phi) is 6.53. The van der Waals surface area contributed by atoms with Gasteiger partial charge in [0, 0.05) is 45.9 Å². The summed E-state index contributed by atoms with van der Waals surface area (Å²) in [6, 6.07) is 8.01. The third-order valence-electron chi connectivity index (χ3n) is 4.97. The largest absolute Gasteiger partial charge is 0.497 e. The van der Waals surface area contributed by atoms with Crippen molar-refractivity contribution in [3.8, 4) is 5.75 Å². The molecule has 2 saturated heterocycles. The summed E-state index contributed by atoms with van der Waals surface area (Å²) in [7, 11) is 1.67. The maximum atomic E-state index is 12.3. The number of carbonyl (C=O) groups excluding carboxylic acids is 1. The molecule has 2 aliphatic heterocycles. The van der Waals surface area contributed by atoms with E-state index in [1.165, 1.54) is 18.4 Å². The van der Waals surface area contributed by atoms with Crippen molar-refractivity contribution in [3.05, 3.63) is 29.8 Å². The van der Waals surface area contributed by atoms with Crippen LogP contribution in [0.4, 0.5) is 4.79 Å². The SMILES string of the molecule is COc1cccc(CCNC(=O)N2CCN(CC3CCCO3)CC2)c1. The van der Waals surface area contributed by atoms with Gasteiger partial charge in [0.15, 0.2) is 0 Å². The molecule has 2 aliphatic rings. The lowest BCUT2D eigenvalue weighted by Gasteiger charge is -2.35. The maximum Gasteiger partial charge on any atom is 0.317 e. The van der Waals surface area contributed by atoms with Crippen molar-refractivity contribution in [1.82, 2.24) is 15.1 Å². The van der Waals surface area contributed by atoms with Crippen molar-refractivity contribution in [2.24, 2.45) is 0 Å². The molecule has 1 atom stereocenters. The molecule has 2 fully saturated rings. The Morgan fingerprint density at radius 3 is 2.88 bits per heavy atom. The Hall–Kier alpha value is -1.79. The molecule has 138 valence electrons. The summed E-state index contributed by atoms with van der Waals surface area (Å²) in [5, 5.41) is 3.03. The summed E-state index contributed by atoms with van der Waals surface area (Å²) < 4.78 is 10.9. The van der Waals surface area contributed by atoms with E-state index in [0.29, 0.717) is 12.6 Å². The van der Waals surface area contributed by atoms with Crippen molar-refractivity contribution in [2.45, 2.75) is 25.4 Å². The van der Waals surface area contributed by atoms with Crippen LogP contribution in [-0.2, 0) is 11.2 Å². The van der Waals surface area contributed by atoms with Crippen LogP contribution in [0.2, 0.25) is 0 Å². The second-order valence-corrected chi connectivity index (χ2v) is 6.76. The summed E-state index contributed by atoms with van der Waals surface area (Å²) in [5.74, 6) is 0.853. The van der Waals surface area contributed by atoms with Gasteiger partial charge in [-0.3, -0.25) is 4.90 Å². The minimum Gasteiger partial charge on any atom is -0.497 e. The van der Waals surface area contributed by atoms with Gasteiger partial charge in [-0.1, -0.05) is 12.1 Å². The average molecular weight is 347 g/mol. The van der Waals surface area contributed by atoms with Gasteiger partial charge in [-0.05, 0) is 37.0 Å². The highest BCUT2D eigenvalue weighted by Crippen LogP contribution is 2.15. The van der Waals surface area contributed by atoms with E-state index in [0.717, 1.165) is 51.5 Å². The number of amides is 2. The molecule has 0 aliphatic carbocycles. The average Bonchev–Trinajstić information content (AvgIpc) is 3.15. The van der Waals surface area contributed by atoms with Gasteiger partial charge in [0.1, 0.15) is 5.75 Å². The highest BCUT2D eigenvalue weighted by molar-refractivity contribution is 5.74. The molecule has 1 aromatic rings. The van der Waals surface area contributed by atoms with Gasteiger partial charge in [-0.15, -0.1) is 0 Å². The molecule has 0 radical (unpaired) electrons. The molecule has 0 aromatic heterocycles. The number of nitrogens with one attached hydrogen (secondary N) is 1. The summed E-state index contributed by atoms with van der Waals surface area (Å²) in [6.07, 6.45) is 3.55. The van der Waals surface area contributed by atoms with Crippen LogP contribution in [0.1, 0.15) is 18.4 Å². The Morgan fingerprint density at radius 1 is 1.32 bits per heavy atom. The van der Waals surface area contributed by atoms with E-state index >= 15 is 0 Å². The van der Waals surface area contributed by atoms with Gasteiger partial charge < -0.3 is 19.7 Å². The molecular weight excluding hydrogens is 318 g/mol. The van der Waals surface area contributed by atoms with Crippen LogP contribution >= 0.6 is 0 Å². The lowest BCUT2D eigenvalue weighted by molar-refractivity contribution is 0.0561. The Bertz CT molecular complexity index is 553. The predicted octanol–water partition coefficient (Wildman–Crippen LogP) is 1.74. The molecule has 6 nitrogen and oxygen atoms in total. The molecule has 25 heavy (non-hydrogen) atoms. The zero-order valence-corrected chi connectivity index (χ0v) is 15.1. The number of urea groups is 1. The van der Waals surface area contributed by atoms with Gasteiger partial charge in [0.2, 0.25) is 0 Å². The fourth-order valence-electron chi connectivity index (χ4n) is 3.46. The summed E-state index contributed by atoms with van der Waals surface area (Å²) in [5.41, 5.74) is 1.17. The van der Waals surface area contributed by atoms with Gasteiger partial charge in [0.05, 0.1) is 13.2 Å². The topological polar surface area (TPSA) is 54.0 Å². The van der Waals surface area contributed by atoms with Crippen LogP contribution in [-0.4, -0.2) is 74.9 Å². The lowest BCUT2D eigenvalue weighted by Crippen LogP contribution is -2.53. The van der Waals surface area contributed by atoms with Crippen LogP contribution in [0, 0.1) is 0 Å². The molecule has 0 bridgehead atoms. The smallest absolute Gasteiger partial charge is 0.317 e. The zero-order valence-electron chi connectivity index (χ0n) is 15.1. The Labute approximate surface area is 150 Å². The first-order valence-electron chi connectivity index (χ1n) is 9.24. The van der Waals surface area contributed by atoms with E-state index < -0.39 is 0 Å². The van der Waals surface area contributed by atoms with Crippen molar-refractivity contribution in [3.63, 3.8) is 0 Å².